The highest BCUT2D eigenvalue weighted by Crippen LogP contribution is 2.27. The van der Waals surface area contributed by atoms with E-state index in [2.05, 4.69) is 55.5 Å². The van der Waals surface area contributed by atoms with E-state index in [-0.39, 0.29) is 0 Å². The molecule has 1 saturated heterocycles. The predicted octanol–water partition coefficient (Wildman–Crippen LogP) is 3.12. The Morgan fingerprint density at radius 1 is 1.33 bits per heavy atom. The highest BCUT2D eigenvalue weighted by molar-refractivity contribution is 5.69. The maximum atomic E-state index is 5.72. The number of rotatable bonds is 4. The van der Waals surface area contributed by atoms with Gasteiger partial charge in [0.1, 0.15) is 0 Å². The van der Waals surface area contributed by atoms with E-state index in [4.69, 9.17) is 4.74 Å². The van der Waals surface area contributed by atoms with Crippen LogP contribution in [0.1, 0.15) is 26.2 Å². The molecular formula is C15H24N2O. The zero-order valence-electron chi connectivity index (χ0n) is 11.6. The summed E-state index contributed by atoms with van der Waals surface area (Å²) in [5, 5.41) is 3.67. The van der Waals surface area contributed by atoms with Gasteiger partial charge < -0.3 is 15.0 Å². The van der Waals surface area contributed by atoms with Gasteiger partial charge in [-0.2, -0.15) is 0 Å². The zero-order chi connectivity index (χ0) is 13.0. The summed E-state index contributed by atoms with van der Waals surface area (Å²) in [7, 11) is 4.17. The predicted molar refractivity (Wildman–Crippen MR) is 77.4 cm³/mol. The van der Waals surface area contributed by atoms with Crippen molar-refractivity contribution < 1.29 is 4.74 Å². The van der Waals surface area contributed by atoms with Gasteiger partial charge in [0.15, 0.2) is 0 Å². The van der Waals surface area contributed by atoms with Crippen LogP contribution >= 0.6 is 0 Å². The Hall–Kier alpha value is -1.22. The van der Waals surface area contributed by atoms with E-state index in [1.54, 1.807) is 0 Å². The van der Waals surface area contributed by atoms with Crippen LogP contribution in [0.5, 0.6) is 0 Å². The lowest BCUT2D eigenvalue weighted by Gasteiger charge is -2.31. The third-order valence-electron chi connectivity index (χ3n) is 3.57. The van der Waals surface area contributed by atoms with Gasteiger partial charge in [-0.1, -0.05) is 19.1 Å². The maximum Gasteiger partial charge on any atom is 0.0596 e. The van der Waals surface area contributed by atoms with Gasteiger partial charge in [-0.3, -0.25) is 0 Å². The van der Waals surface area contributed by atoms with Crippen LogP contribution in [0.25, 0.3) is 0 Å². The fourth-order valence-corrected chi connectivity index (χ4v) is 2.50. The summed E-state index contributed by atoms with van der Waals surface area (Å²) in [6, 6.07) is 9.01. The first-order chi connectivity index (χ1) is 8.70. The van der Waals surface area contributed by atoms with E-state index >= 15 is 0 Å². The average Bonchev–Trinajstić information content (AvgIpc) is 2.39. The fraction of sp³-hybridized carbons (Fsp3) is 0.600. The molecule has 1 aromatic carbocycles. The van der Waals surface area contributed by atoms with Gasteiger partial charge in [-0.25, -0.2) is 0 Å². The second-order valence-corrected chi connectivity index (χ2v) is 5.18. The molecule has 3 heteroatoms. The molecule has 3 nitrogen and oxygen atoms in total. The molecule has 0 radical (unpaired) electrons. The topological polar surface area (TPSA) is 24.5 Å². The summed E-state index contributed by atoms with van der Waals surface area (Å²) in [5.74, 6) is 0. The molecule has 0 spiro atoms. The van der Waals surface area contributed by atoms with Crippen LogP contribution in [0.2, 0.25) is 0 Å². The molecule has 2 unspecified atom stereocenters. The van der Waals surface area contributed by atoms with Crippen LogP contribution in [0, 0.1) is 0 Å². The fourth-order valence-electron chi connectivity index (χ4n) is 2.50. The molecule has 0 bridgehead atoms. The van der Waals surface area contributed by atoms with Crippen molar-refractivity contribution in [3.8, 4) is 0 Å². The molecule has 2 atom stereocenters. The first-order valence-electron chi connectivity index (χ1n) is 6.85. The molecule has 0 saturated carbocycles. The highest BCUT2D eigenvalue weighted by atomic mass is 16.5. The van der Waals surface area contributed by atoms with E-state index in [0.29, 0.717) is 12.1 Å². The van der Waals surface area contributed by atoms with E-state index in [0.717, 1.165) is 25.9 Å². The normalized spacial score (nSPS) is 23.7. The molecule has 1 aliphatic heterocycles. The summed E-state index contributed by atoms with van der Waals surface area (Å²) >= 11 is 0. The number of hydrogen-bond donors (Lipinski definition) is 1. The molecule has 1 aromatic rings. The molecule has 100 valence electrons. The molecule has 0 aliphatic carbocycles. The van der Waals surface area contributed by atoms with Gasteiger partial charge in [0.2, 0.25) is 0 Å². The van der Waals surface area contributed by atoms with Gasteiger partial charge in [-0.05, 0) is 31.4 Å². The number of nitrogens with one attached hydrogen (secondary N) is 1. The Balaban J connectivity index is 2.04. The SMILES string of the molecule is CCC1CC(Nc2ccccc2N(C)C)CCO1. The Kier molecular flexibility index (Phi) is 4.48. The van der Waals surface area contributed by atoms with E-state index in [1.165, 1.54) is 11.4 Å². The van der Waals surface area contributed by atoms with Crippen molar-refractivity contribution in [2.75, 3.05) is 30.9 Å². The van der Waals surface area contributed by atoms with Crippen LogP contribution in [-0.2, 0) is 4.74 Å². The van der Waals surface area contributed by atoms with Gasteiger partial charge >= 0.3 is 0 Å². The number of ether oxygens (including phenoxy) is 1. The third-order valence-corrected chi connectivity index (χ3v) is 3.57. The van der Waals surface area contributed by atoms with Gasteiger partial charge in [0.05, 0.1) is 17.5 Å². The minimum atomic E-state index is 0.419. The van der Waals surface area contributed by atoms with Crippen LogP contribution in [-0.4, -0.2) is 32.8 Å². The molecule has 18 heavy (non-hydrogen) atoms. The molecule has 1 N–H and O–H groups in total. The third kappa shape index (κ3) is 3.16. The van der Waals surface area contributed by atoms with Crippen molar-refractivity contribution in [1.82, 2.24) is 0 Å². The first-order valence-corrected chi connectivity index (χ1v) is 6.85. The van der Waals surface area contributed by atoms with Crippen molar-refractivity contribution in [2.45, 2.75) is 38.3 Å². The number of nitrogens with zero attached hydrogens (tertiary/aromatic N) is 1. The van der Waals surface area contributed by atoms with Crippen molar-refractivity contribution in [3.63, 3.8) is 0 Å². The highest BCUT2D eigenvalue weighted by Gasteiger charge is 2.21. The average molecular weight is 248 g/mol. The van der Waals surface area contributed by atoms with Gasteiger partial charge in [0, 0.05) is 26.7 Å². The minimum absolute atomic E-state index is 0.419. The minimum Gasteiger partial charge on any atom is -0.380 e. The smallest absolute Gasteiger partial charge is 0.0596 e. The largest absolute Gasteiger partial charge is 0.380 e. The lowest BCUT2D eigenvalue weighted by Crippen LogP contribution is -2.34. The summed E-state index contributed by atoms with van der Waals surface area (Å²) in [6.07, 6.45) is 3.73. The van der Waals surface area contributed by atoms with E-state index in [9.17, 15) is 0 Å². The van der Waals surface area contributed by atoms with Gasteiger partial charge in [-0.15, -0.1) is 0 Å². The monoisotopic (exact) mass is 248 g/mol. The van der Waals surface area contributed by atoms with Crippen LogP contribution in [0.15, 0.2) is 24.3 Å². The Morgan fingerprint density at radius 3 is 2.83 bits per heavy atom. The first kappa shape index (κ1) is 13.2. The van der Waals surface area contributed by atoms with E-state index in [1.807, 2.05) is 0 Å². The van der Waals surface area contributed by atoms with Gasteiger partial charge in [0.25, 0.3) is 0 Å². The van der Waals surface area contributed by atoms with Crippen LogP contribution in [0.4, 0.5) is 11.4 Å². The summed E-state index contributed by atoms with van der Waals surface area (Å²) in [6.45, 7) is 3.07. The van der Waals surface area contributed by atoms with Crippen LogP contribution in [0.3, 0.4) is 0 Å². The number of hydrogen-bond acceptors (Lipinski definition) is 3. The van der Waals surface area contributed by atoms with Crippen molar-refractivity contribution >= 4 is 11.4 Å². The van der Waals surface area contributed by atoms with E-state index < -0.39 is 0 Å². The Labute approximate surface area is 110 Å². The molecule has 1 fully saturated rings. The Morgan fingerprint density at radius 2 is 2.11 bits per heavy atom. The van der Waals surface area contributed by atoms with Crippen molar-refractivity contribution in [1.29, 1.82) is 0 Å². The molecule has 0 amide bonds. The number of benzene rings is 1. The number of anilines is 2. The lowest BCUT2D eigenvalue weighted by atomic mass is 10.0. The summed E-state index contributed by atoms with van der Waals surface area (Å²) in [4.78, 5) is 2.15. The zero-order valence-corrected chi connectivity index (χ0v) is 11.6. The molecule has 2 rings (SSSR count). The number of para-hydroxylation sites is 2. The second kappa shape index (κ2) is 6.10. The summed E-state index contributed by atoms with van der Waals surface area (Å²) < 4.78 is 5.72. The quantitative estimate of drug-likeness (QED) is 0.886. The standard InChI is InChI=1S/C15H24N2O/c1-4-13-11-12(9-10-18-13)16-14-7-5-6-8-15(14)17(2)3/h5-8,12-13,16H,4,9-11H2,1-3H3. The Bertz CT molecular complexity index is 379. The van der Waals surface area contributed by atoms with Crippen molar-refractivity contribution in [3.05, 3.63) is 24.3 Å². The summed E-state index contributed by atoms with van der Waals surface area (Å²) in [5.41, 5.74) is 2.47. The molecular weight excluding hydrogens is 224 g/mol. The maximum absolute atomic E-state index is 5.72. The molecule has 1 heterocycles. The van der Waals surface area contributed by atoms with Crippen molar-refractivity contribution in [2.24, 2.45) is 0 Å². The molecule has 0 aromatic heterocycles. The molecule has 1 aliphatic rings. The van der Waals surface area contributed by atoms with Crippen LogP contribution < -0.4 is 10.2 Å². The second-order valence-electron chi connectivity index (χ2n) is 5.18. The lowest BCUT2D eigenvalue weighted by molar-refractivity contribution is 0.00926.